The molecule has 0 spiro atoms. The van der Waals surface area contributed by atoms with Crippen molar-refractivity contribution in [1.29, 1.82) is 0 Å². The second-order valence-corrected chi connectivity index (χ2v) is 11.3. The number of aliphatic imine (C=N–C) groups is 1. The second-order valence-electron chi connectivity index (χ2n) is 10.4. The Kier molecular flexibility index (Phi) is 11.3. The molecular weight excluding hydrogens is 576 g/mol. The summed E-state index contributed by atoms with van der Waals surface area (Å²) in [5.74, 6) is 4.93. The number of rotatable bonds is 10. The van der Waals surface area contributed by atoms with E-state index in [1.54, 1.807) is 19.5 Å². The zero-order valence-corrected chi connectivity index (χ0v) is 25.6. The summed E-state index contributed by atoms with van der Waals surface area (Å²) in [5.41, 5.74) is 10.4. The number of hydrogen-bond acceptors (Lipinski definition) is 8. The number of amides is 3. The zero-order chi connectivity index (χ0) is 31.4. The topological polar surface area (TPSA) is 148 Å². The number of aryl methyl sites for hydroxylation is 1. The molecule has 0 aliphatic heterocycles. The fourth-order valence-corrected chi connectivity index (χ4v) is 4.71. The molecule has 5 rings (SSSR count). The summed E-state index contributed by atoms with van der Waals surface area (Å²) in [5, 5.41) is 10.5. The molecule has 2 aliphatic carbocycles. The molecule has 2 aliphatic rings. The molecule has 1 aromatic heterocycles. The van der Waals surface area contributed by atoms with Crippen LogP contribution in [0.2, 0.25) is 0 Å². The van der Waals surface area contributed by atoms with Gasteiger partial charge in [-0.05, 0) is 79.0 Å². The third-order valence-electron chi connectivity index (χ3n) is 7.14. The molecule has 1 heterocycles. The lowest BCUT2D eigenvalue weighted by Gasteiger charge is -2.17. The van der Waals surface area contributed by atoms with Crippen molar-refractivity contribution in [2.75, 3.05) is 13.7 Å². The molecule has 2 saturated carbocycles. The minimum Gasteiger partial charge on any atom is -0.497 e. The maximum Gasteiger partial charge on any atom is 0.310 e. The summed E-state index contributed by atoms with van der Waals surface area (Å²) < 4.78 is 5.40. The normalized spacial score (nSPS) is 14.7. The number of aromatic nitrogens is 1. The summed E-state index contributed by atoms with van der Waals surface area (Å²) in [4.78, 5) is 42.6. The highest BCUT2D eigenvalue weighted by Crippen LogP contribution is 2.46. The van der Waals surface area contributed by atoms with Crippen molar-refractivity contribution in [1.82, 2.24) is 20.9 Å². The number of carbonyl (C=O) groups excluding carboxylic acids is 3. The van der Waals surface area contributed by atoms with Gasteiger partial charge in [0.05, 0.1) is 25.2 Å². The number of hydrogen-bond donors (Lipinski definition) is 4. The fraction of sp³-hybridized carbons (Fsp3) is 0.303. The molecule has 0 unspecified atom stereocenters. The molecular formula is C33H36N6O4S. The average molecular weight is 613 g/mol. The molecule has 11 heteroatoms. The van der Waals surface area contributed by atoms with Crippen LogP contribution in [0.15, 0.2) is 65.2 Å². The van der Waals surface area contributed by atoms with Crippen LogP contribution in [-0.4, -0.2) is 49.1 Å². The smallest absolute Gasteiger partial charge is 0.310 e. The Bertz CT molecular complexity index is 1580. The van der Waals surface area contributed by atoms with E-state index in [1.807, 2.05) is 54.9 Å². The minimum absolute atomic E-state index is 0.107. The molecule has 0 bridgehead atoms. The highest BCUT2D eigenvalue weighted by molar-refractivity contribution is 7.10. The first-order chi connectivity index (χ1) is 21.4. The van der Waals surface area contributed by atoms with Crippen molar-refractivity contribution in [2.24, 2.45) is 10.7 Å². The van der Waals surface area contributed by atoms with E-state index in [2.05, 4.69) is 43.8 Å². The molecule has 3 aromatic rings. The lowest BCUT2D eigenvalue weighted by atomic mass is 9.98. The highest BCUT2D eigenvalue weighted by atomic mass is 32.1. The van der Waals surface area contributed by atoms with Crippen molar-refractivity contribution in [2.45, 2.75) is 50.7 Å². The maximum atomic E-state index is 11.7. The Morgan fingerprint density at radius 3 is 2.59 bits per heavy atom. The van der Waals surface area contributed by atoms with Crippen molar-refractivity contribution in [3.8, 4) is 17.6 Å². The number of thiazole rings is 1. The van der Waals surface area contributed by atoms with Gasteiger partial charge in [-0.2, -0.15) is 0 Å². The Balaban J connectivity index is 0.000000201. The van der Waals surface area contributed by atoms with E-state index in [0.29, 0.717) is 17.6 Å². The van der Waals surface area contributed by atoms with Crippen LogP contribution in [0.5, 0.6) is 5.75 Å². The molecule has 10 nitrogen and oxygen atoms in total. The monoisotopic (exact) mass is 612 g/mol. The molecule has 0 saturated heterocycles. The Morgan fingerprint density at radius 1 is 1.18 bits per heavy atom. The molecule has 2 fully saturated rings. The number of allylic oxidation sites excluding steroid dienone is 1. The summed E-state index contributed by atoms with van der Waals surface area (Å²) >= 11 is 1.42. The lowest BCUT2D eigenvalue weighted by molar-refractivity contribution is -0.139. The SMILES string of the molecule is COc1cc(/C(C=NC2CC2)=C/N)cc(C2(NC=O)CC2)c1.Cc1ccccc1CNC(=O)C(=O)NCC#Cc1nccs1. The van der Waals surface area contributed by atoms with Crippen LogP contribution >= 0.6 is 11.3 Å². The van der Waals surface area contributed by atoms with Crippen LogP contribution in [0.4, 0.5) is 0 Å². The van der Waals surface area contributed by atoms with Gasteiger partial charge in [-0.3, -0.25) is 19.4 Å². The Morgan fingerprint density at radius 2 is 1.95 bits per heavy atom. The van der Waals surface area contributed by atoms with Gasteiger partial charge in [-0.1, -0.05) is 30.2 Å². The van der Waals surface area contributed by atoms with E-state index < -0.39 is 11.8 Å². The number of ether oxygens (including phenoxy) is 1. The first-order valence-electron chi connectivity index (χ1n) is 14.2. The standard InChI is InChI=1S/C17H21N3O2.C16H15N3O2S/c1-22-16-7-12(13(9-18)10-19-15-2-3-15)6-14(8-16)17(4-5-17)20-11-21;1-12-5-2-3-6-13(12)11-19-16(21)15(20)18-8-4-7-14-17-9-10-22-14/h6-11,15H,2-5,18H2,1H3,(H,20,21);2-3,5-6,9-10H,8,11H2,1H3,(H,18,20)(H,19,21)/b13-9+,19-10?;. The molecule has 2 aromatic carbocycles. The number of nitrogens with one attached hydrogen (secondary N) is 3. The number of benzene rings is 2. The molecule has 5 N–H and O–H groups in total. The van der Waals surface area contributed by atoms with E-state index in [-0.39, 0.29) is 12.1 Å². The van der Waals surface area contributed by atoms with Crippen molar-refractivity contribution in [3.63, 3.8) is 0 Å². The van der Waals surface area contributed by atoms with E-state index >= 15 is 0 Å². The van der Waals surface area contributed by atoms with Crippen LogP contribution in [0.25, 0.3) is 5.57 Å². The Labute approximate surface area is 261 Å². The molecule has 0 radical (unpaired) electrons. The van der Waals surface area contributed by atoms with Gasteiger partial charge in [-0.25, -0.2) is 4.98 Å². The largest absolute Gasteiger partial charge is 0.497 e. The van der Waals surface area contributed by atoms with Crippen LogP contribution in [0.1, 0.15) is 52.9 Å². The second kappa shape index (κ2) is 15.5. The number of nitrogens with zero attached hydrogens (tertiary/aromatic N) is 2. The summed E-state index contributed by atoms with van der Waals surface area (Å²) in [6.45, 7) is 2.38. The molecule has 3 amide bonds. The van der Waals surface area contributed by atoms with Crippen molar-refractivity contribution >= 4 is 41.3 Å². The zero-order valence-electron chi connectivity index (χ0n) is 24.8. The predicted molar refractivity (Wildman–Crippen MR) is 172 cm³/mol. The maximum absolute atomic E-state index is 11.7. The van der Waals surface area contributed by atoms with Gasteiger partial charge in [0, 0.05) is 36.1 Å². The summed E-state index contributed by atoms with van der Waals surface area (Å²) in [7, 11) is 1.64. The van der Waals surface area contributed by atoms with Crippen LogP contribution < -0.4 is 26.4 Å². The van der Waals surface area contributed by atoms with Crippen LogP contribution in [0, 0.1) is 18.8 Å². The van der Waals surface area contributed by atoms with Crippen molar-refractivity contribution in [3.05, 3.63) is 87.5 Å². The van der Waals surface area contributed by atoms with Gasteiger partial charge in [-0.15, -0.1) is 11.3 Å². The van der Waals surface area contributed by atoms with E-state index in [1.165, 1.54) is 11.3 Å². The molecule has 0 atom stereocenters. The predicted octanol–water partition coefficient (Wildman–Crippen LogP) is 3.20. The minimum atomic E-state index is -0.693. The highest BCUT2D eigenvalue weighted by Gasteiger charge is 2.44. The lowest BCUT2D eigenvalue weighted by Crippen LogP contribution is -2.39. The van der Waals surface area contributed by atoms with Crippen molar-refractivity contribution < 1.29 is 19.1 Å². The van der Waals surface area contributed by atoms with Gasteiger partial charge in [0.2, 0.25) is 6.41 Å². The van der Waals surface area contributed by atoms with Gasteiger partial charge in [0.1, 0.15) is 5.75 Å². The summed E-state index contributed by atoms with van der Waals surface area (Å²) in [6, 6.07) is 14.1. The third kappa shape index (κ3) is 9.28. The number of carbonyl (C=O) groups is 3. The summed E-state index contributed by atoms with van der Waals surface area (Å²) in [6.07, 6.45) is 10.0. The van der Waals surface area contributed by atoms with Gasteiger partial charge >= 0.3 is 11.8 Å². The first-order valence-corrected chi connectivity index (χ1v) is 15.1. The molecule has 228 valence electrons. The van der Waals surface area contributed by atoms with E-state index in [4.69, 9.17) is 10.5 Å². The van der Waals surface area contributed by atoms with Crippen LogP contribution in [-0.2, 0) is 26.5 Å². The van der Waals surface area contributed by atoms with Crippen LogP contribution in [0.3, 0.4) is 0 Å². The third-order valence-corrected chi connectivity index (χ3v) is 7.82. The van der Waals surface area contributed by atoms with E-state index in [0.717, 1.165) is 65.7 Å². The first kappa shape index (κ1) is 32.0. The fourth-order valence-electron chi connectivity index (χ4n) is 4.21. The Hall–Kier alpha value is -4.95. The van der Waals surface area contributed by atoms with Gasteiger partial charge in [0.15, 0.2) is 5.01 Å². The number of methoxy groups -OCH3 is 1. The quantitative estimate of drug-likeness (QED) is 0.120. The average Bonchev–Trinajstić information content (AvgIpc) is 3.97. The number of nitrogens with two attached hydrogens (primary N) is 1. The molecule has 44 heavy (non-hydrogen) atoms. The van der Waals surface area contributed by atoms with E-state index in [9.17, 15) is 14.4 Å². The van der Waals surface area contributed by atoms with Gasteiger partial charge in [0.25, 0.3) is 0 Å². The van der Waals surface area contributed by atoms with Gasteiger partial charge < -0.3 is 26.4 Å².